The van der Waals surface area contributed by atoms with Gasteiger partial charge in [0, 0.05) is 14.1 Å². The summed E-state index contributed by atoms with van der Waals surface area (Å²) in [5, 5.41) is 2.01. The molecule has 0 amide bonds. The van der Waals surface area contributed by atoms with Crippen molar-refractivity contribution in [2.75, 3.05) is 14.1 Å². The zero-order chi connectivity index (χ0) is 10.4. The molecular formula is C11H13NS2. The van der Waals surface area contributed by atoms with E-state index in [0.29, 0.717) is 0 Å². The Morgan fingerprint density at radius 1 is 1.29 bits per heavy atom. The Morgan fingerprint density at radius 2 is 1.93 bits per heavy atom. The molecule has 1 aromatic rings. The lowest BCUT2D eigenvalue weighted by molar-refractivity contribution is 0.648. The maximum absolute atomic E-state index is 5.13. The zero-order valence-corrected chi connectivity index (χ0v) is 9.94. The molecule has 0 heterocycles. The molecule has 0 radical (unpaired) electrons. The maximum atomic E-state index is 5.13. The second kappa shape index (κ2) is 5.83. The summed E-state index contributed by atoms with van der Waals surface area (Å²) in [6, 6.07) is 10.2. The highest BCUT2D eigenvalue weighted by atomic mass is 32.2. The van der Waals surface area contributed by atoms with Gasteiger partial charge in [0.2, 0.25) is 0 Å². The molecule has 14 heavy (non-hydrogen) atoms. The fourth-order valence-electron chi connectivity index (χ4n) is 0.840. The average molecular weight is 223 g/mol. The third-order valence-corrected chi connectivity index (χ3v) is 3.09. The van der Waals surface area contributed by atoms with E-state index in [9.17, 15) is 0 Å². The second-order valence-electron chi connectivity index (χ2n) is 2.99. The van der Waals surface area contributed by atoms with Crippen molar-refractivity contribution in [3.05, 3.63) is 41.3 Å². The van der Waals surface area contributed by atoms with Crippen molar-refractivity contribution >= 4 is 34.4 Å². The molecule has 0 aromatic heterocycles. The normalized spacial score (nSPS) is 10.4. The molecule has 0 bridgehead atoms. The predicted octanol–water partition coefficient (Wildman–Crippen LogP) is 3.24. The third kappa shape index (κ3) is 3.94. The minimum Gasteiger partial charge on any atom is -0.363 e. The molecule has 0 saturated carbocycles. The Hall–Kier alpha value is -0.800. The minimum atomic E-state index is 0.872. The first-order chi connectivity index (χ1) is 6.70. The molecule has 74 valence electrons. The predicted molar refractivity (Wildman–Crippen MR) is 69.4 cm³/mol. The van der Waals surface area contributed by atoms with E-state index in [2.05, 4.69) is 18.2 Å². The SMILES string of the molecule is CN(C)C(=S)S/C=C\c1ccccc1. The van der Waals surface area contributed by atoms with Gasteiger partial charge in [0.25, 0.3) is 0 Å². The first kappa shape index (κ1) is 11.3. The van der Waals surface area contributed by atoms with Crippen LogP contribution in [0.1, 0.15) is 5.56 Å². The summed E-state index contributed by atoms with van der Waals surface area (Å²) in [5.41, 5.74) is 1.20. The number of hydrogen-bond donors (Lipinski definition) is 0. The summed E-state index contributed by atoms with van der Waals surface area (Å²) in [6.45, 7) is 0. The molecule has 0 aliphatic rings. The van der Waals surface area contributed by atoms with Gasteiger partial charge < -0.3 is 4.90 Å². The van der Waals surface area contributed by atoms with Crippen LogP contribution in [0.2, 0.25) is 0 Å². The van der Waals surface area contributed by atoms with E-state index < -0.39 is 0 Å². The van der Waals surface area contributed by atoms with E-state index in [1.807, 2.05) is 42.6 Å². The summed E-state index contributed by atoms with van der Waals surface area (Å²) in [7, 11) is 3.90. The number of thioether (sulfide) groups is 1. The standard InChI is InChI=1S/C11H13NS2/c1-12(2)11(13)14-9-8-10-6-4-3-5-7-10/h3-9H,1-2H3/b9-8-. The first-order valence-electron chi connectivity index (χ1n) is 4.29. The van der Waals surface area contributed by atoms with Crippen LogP contribution in [-0.2, 0) is 0 Å². The number of thiocarbonyl (C=S) groups is 1. The molecule has 0 fully saturated rings. The van der Waals surface area contributed by atoms with Crippen molar-refractivity contribution in [3.8, 4) is 0 Å². The molecule has 1 rings (SSSR count). The van der Waals surface area contributed by atoms with Crippen LogP contribution in [0.25, 0.3) is 6.08 Å². The number of hydrogen-bond acceptors (Lipinski definition) is 2. The van der Waals surface area contributed by atoms with Gasteiger partial charge in [-0.3, -0.25) is 0 Å². The van der Waals surface area contributed by atoms with Crippen LogP contribution in [0.15, 0.2) is 35.7 Å². The summed E-state index contributed by atoms with van der Waals surface area (Å²) < 4.78 is 0.872. The highest BCUT2D eigenvalue weighted by Gasteiger charge is 1.94. The van der Waals surface area contributed by atoms with Crippen LogP contribution >= 0.6 is 24.0 Å². The van der Waals surface area contributed by atoms with E-state index in [1.165, 1.54) is 5.56 Å². The molecular weight excluding hydrogens is 210 g/mol. The minimum absolute atomic E-state index is 0.872. The van der Waals surface area contributed by atoms with Crippen molar-refractivity contribution < 1.29 is 0 Å². The van der Waals surface area contributed by atoms with Gasteiger partial charge in [-0.05, 0) is 17.0 Å². The molecule has 0 atom stereocenters. The fraction of sp³-hybridized carbons (Fsp3) is 0.182. The lowest BCUT2D eigenvalue weighted by Gasteiger charge is -2.09. The smallest absolute Gasteiger partial charge is 0.140 e. The zero-order valence-electron chi connectivity index (χ0n) is 8.31. The lowest BCUT2D eigenvalue weighted by atomic mass is 10.2. The number of benzene rings is 1. The quantitative estimate of drug-likeness (QED) is 0.709. The Morgan fingerprint density at radius 3 is 2.50 bits per heavy atom. The van der Waals surface area contributed by atoms with E-state index in [1.54, 1.807) is 11.8 Å². The Kier molecular flexibility index (Phi) is 4.70. The van der Waals surface area contributed by atoms with E-state index in [0.717, 1.165) is 4.32 Å². The third-order valence-electron chi connectivity index (χ3n) is 1.59. The van der Waals surface area contributed by atoms with E-state index in [-0.39, 0.29) is 0 Å². The van der Waals surface area contributed by atoms with Crippen molar-refractivity contribution in [3.63, 3.8) is 0 Å². The van der Waals surface area contributed by atoms with E-state index >= 15 is 0 Å². The largest absolute Gasteiger partial charge is 0.363 e. The highest BCUT2D eigenvalue weighted by molar-refractivity contribution is 8.24. The van der Waals surface area contributed by atoms with Gasteiger partial charge in [0.05, 0.1) is 0 Å². The molecule has 0 unspecified atom stereocenters. The van der Waals surface area contributed by atoms with Gasteiger partial charge in [0.15, 0.2) is 0 Å². The van der Waals surface area contributed by atoms with Crippen molar-refractivity contribution in [1.29, 1.82) is 0 Å². The Bertz CT molecular complexity index is 317. The molecule has 1 aromatic carbocycles. The lowest BCUT2D eigenvalue weighted by Crippen LogP contribution is -2.14. The van der Waals surface area contributed by atoms with Gasteiger partial charge in [-0.15, -0.1) is 0 Å². The van der Waals surface area contributed by atoms with Crippen LogP contribution < -0.4 is 0 Å². The van der Waals surface area contributed by atoms with Crippen LogP contribution in [-0.4, -0.2) is 23.3 Å². The maximum Gasteiger partial charge on any atom is 0.140 e. The molecule has 0 aliphatic heterocycles. The summed E-state index contributed by atoms with van der Waals surface area (Å²) in [5.74, 6) is 0. The van der Waals surface area contributed by atoms with Gasteiger partial charge >= 0.3 is 0 Å². The molecule has 0 aliphatic carbocycles. The Labute approximate surface area is 94.8 Å². The van der Waals surface area contributed by atoms with Crippen LogP contribution in [0.4, 0.5) is 0 Å². The van der Waals surface area contributed by atoms with Crippen LogP contribution in [0.3, 0.4) is 0 Å². The topological polar surface area (TPSA) is 3.24 Å². The van der Waals surface area contributed by atoms with Crippen LogP contribution in [0.5, 0.6) is 0 Å². The van der Waals surface area contributed by atoms with Crippen LogP contribution in [0, 0.1) is 0 Å². The van der Waals surface area contributed by atoms with Crippen molar-refractivity contribution in [1.82, 2.24) is 4.90 Å². The first-order valence-corrected chi connectivity index (χ1v) is 5.58. The molecule has 0 spiro atoms. The average Bonchev–Trinajstić information content (AvgIpc) is 2.19. The molecule has 1 nitrogen and oxygen atoms in total. The molecule has 0 N–H and O–H groups in total. The van der Waals surface area contributed by atoms with Gasteiger partial charge in [-0.1, -0.05) is 54.3 Å². The highest BCUT2D eigenvalue weighted by Crippen LogP contribution is 2.11. The molecule has 3 heteroatoms. The monoisotopic (exact) mass is 223 g/mol. The van der Waals surface area contributed by atoms with Crippen molar-refractivity contribution in [2.24, 2.45) is 0 Å². The molecule has 0 saturated heterocycles. The second-order valence-corrected chi connectivity index (χ2v) is 4.53. The van der Waals surface area contributed by atoms with Crippen molar-refractivity contribution in [2.45, 2.75) is 0 Å². The number of rotatable bonds is 2. The number of nitrogens with zero attached hydrogens (tertiary/aromatic N) is 1. The summed E-state index contributed by atoms with van der Waals surface area (Å²) in [6.07, 6.45) is 2.06. The summed E-state index contributed by atoms with van der Waals surface area (Å²) >= 11 is 6.69. The van der Waals surface area contributed by atoms with E-state index in [4.69, 9.17) is 12.2 Å². The van der Waals surface area contributed by atoms with Gasteiger partial charge in [-0.2, -0.15) is 0 Å². The van der Waals surface area contributed by atoms with Gasteiger partial charge in [-0.25, -0.2) is 0 Å². The van der Waals surface area contributed by atoms with Gasteiger partial charge in [0.1, 0.15) is 4.32 Å². The Balaban J connectivity index is 2.46. The fourth-order valence-corrected chi connectivity index (χ4v) is 1.56. The summed E-state index contributed by atoms with van der Waals surface area (Å²) in [4.78, 5) is 1.93.